The van der Waals surface area contributed by atoms with Gasteiger partial charge in [0.15, 0.2) is 5.13 Å². The Labute approximate surface area is 140 Å². The second kappa shape index (κ2) is 6.58. The van der Waals surface area contributed by atoms with Gasteiger partial charge in [0.05, 0.1) is 12.2 Å². The maximum absolute atomic E-state index is 12.4. The second-order valence-electron chi connectivity index (χ2n) is 5.79. The molecule has 6 heteroatoms. The molecule has 0 atom stereocenters. The fourth-order valence-electron chi connectivity index (χ4n) is 3.03. The zero-order chi connectivity index (χ0) is 16.4. The molecule has 1 aliphatic heterocycles. The number of anilines is 3. The van der Waals surface area contributed by atoms with Crippen molar-refractivity contribution >= 4 is 33.8 Å². The van der Waals surface area contributed by atoms with Gasteiger partial charge in [-0.25, -0.2) is 4.98 Å². The SMILES string of the molecule is CCc1nc(NC(=O)CN2CCCc3c(N)cccc32)sc1C. The Balaban J connectivity index is 1.70. The molecule has 3 N–H and O–H groups in total. The molecule has 5 nitrogen and oxygen atoms in total. The van der Waals surface area contributed by atoms with E-state index < -0.39 is 0 Å². The summed E-state index contributed by atoms with van der Waals surface area (Å²) in [5, 5.41) is 3.61. The smallest absolute Gasteiger partial charge is 0.245 e. The van der Waals surface area contributed by atoms with Crippen LogP contribution in [-0.2, 0) is 17.6 Å². The molecule has 0 saturated heterocycles. The first kappa shape index (κ1) is 15.8. The van der Waals surface area contributed by atoms with Crippen LogP contribution < -0.4 is 16.0 Å². The molecule has 0 spiro atoms. The first-order chi connectivity index (χ1) is 11.1. The van der Waals surface area contributed by atoms with E-state index in [4.69, 9.17) is 5.73 Å². The number of aromatic nitrogens is 1. The molecular weight excluding hydrogens is 308 g/mol. The third-order valence-corrected chi connectivity index (χ3v) is 5.12. The van der Waals surface area contributed by atoms with Crippen molar-refractivity contribution in [3.63, 3.8) is 0 Å². The summed E-state index contributed by atoms with van der Waals surface area (Å²) in [4.78, 5) is 20.1. The Morgan fingerprint density at radius 1 is 1.48 bits per heavy atom. The van der Waals surface area contributed by atoms with Crippen LogP contribution in [0.4, 0.5) is 16.5 Å². The van der Waals surface area contributed by atoms with Crippen molar-refractivity contribution in [2.75, 3.05) is 29.0 Å². The van der Waals surface area contributed by atoms with Gasteiger partial charge >= 0.3 is 0 Å². The zero-order valence-corrected chi connectivity index (χ0v) is 14.4. The number of nitrogens with zero attached hydrogens (tertiary/aromatic N) is 2. The summed E-state index contributed by atoms with van der Waals surface area (Å²) < 4.78 is 0. The summed E-state index contributed by atoms with van der Waals surface area (Å²) in [5.74, 6) is -0.0309. The number of nitrogens with two attached hydrogens (primary N) is 1. The van der Waals surface area contributed by atoms with E-state index in [1.54, 1.807) is 0 Å². The van der Waals surface area contributed by atoms with Gasteiger partial charge in [-0.05, 0) is 43.9 Å². The lowest BCUT2D eigenvalue weighted by atomic mass is 10.00. The number of amides is 1. The van der Waals surface area contributed by atoms with Crippen LogP contribution in [0, 0.1) is 6.92 Å². The van der Waals surface area contributed by atoms with Crippen molar-refractivity contribution in [3.8, 4) is 0 Å². The second-order valence-corrected chi connectivity index (χ2v) is 7.00. The lowest BCUT2D eigenvalue weighted by molar-refractivity contribution is -0.115. The van der Waals surface area contributed by atoms with Crippen molar-refractivity contribution in [1.82, 2.24) is 4.98 Å². The standard InChI is InChI=1S/C17H22N4OS/c1-3-14-11(2)23-17(19-14)20-16(22)10-21-9-5-6-12-13(18)7-4-8-15(12)21/h4,7-8H,3,5-6,9-10,18H2,1-2H3,(H,19,20,22). The van der Waals surface area contributed by atoms with Crippen LogP contribution in [0.1, 0.15) is 29.5 Å². The van der Waals surface area contributed by atoms with Crippen LogP contribution in [0.25, 0.3) is 0 Å². The molecule has 1 amide bonds. The predicted octanol–water partition coefficient (Wildman–Crippen LogP) is 2.99. The summed E-state index contributed by atoms with van der Waals surface area (Å²) >= 11 is 1.54. The number of aryl methyl sites for hydroxylation is 2. The topological polar surface area (TPSA) is 71.2 Å². The highest BCUT2D eigenvalue weighted by Gasteiger charge is 2.21. The van der Waals surface area contributed by atoms with Gasteiger partial charge in [0.25, 0.3) is 0 Å². The Morgan fingerprint density at radius 2 is 2.30 bits per heavy atom. The fourth-order valence-corrected chi connectivity index (χ4v) is 3.95. The van der Waals surface area contributed by atoms with Gasteiger partial charge in [0, 0.05) is 22.8 Å². The number of nitrogens with one attached hydrogen (secondary N) is 1. The zero-order valence-electron chi connectivity index (χ0n) is 13.6. The highest BCUT2D eigenvalue weighted by atomic mass is 32.1. The van der Waals surface area contributed by atoms with Gasteiger partial charge in [-0.2, -0.15) is 0 Å². The van der Waals surface area contributed by atoms with Crippen molar-refractivity contribution in [2.24, 2.45) is 0 Å². The molecule has 0 aliphatic carbocycles. The maximum atomic E-state index is 12.4. The maximum Gasteiger partial charge on any atom is 0.245 e. The van der Waals surface area contributed by atoms with Gasteiger partial charge in [0.2, 0.25) is 5.91 Å². The lowest BCUT2D eigenvalue weighted by Crippen LogP contribution is -2.37. The van der Waals surface area contributed by atoms with E-state index in [1.807, 2.05) is 25.1 Å². The number of nitrogen functional groups attached to an aromatic ring is 1. The van der Waals surface area contributed by atoms with Crippen LogP contribution in [-0.4, -0.2) is 24.0 Å². The van der Waals surface area contributed by atoms with E-state index in [1.165, 1.54) is 16.2 Å². The molecule has 0 bridgehead atoms. The van der Waals surface area contributed by atoms with Crippen molar-refractivity contribution in [1.29, 1.82) is 0 Å². The number of benzene rings is 1. The number of carbonyl (C=O) groups excluding carboxylic acids is 1. The number of rotatable bonds is 4. The normalized spacial score (nSPS) is 13.7. The Bertz CT molecular complexity index is 725. The van der Waals surface area contributed by atoms with Crippen LogP contribution in [0.5, 0.6) is 0 Å². The Kier molecular flexibility index (Phi) is 4.52. The van der Waals surface area contributed by atoms with Crippen LogP contribution in [0.15, 0.2) is 18.2 Å². The van der Waals surface area contributed by atoms with Crippen LogP contribution in [0.3, 0.4) is 0 Å². The number of thiazole rings is 1. The van der Waals surface area contributed by atoms with Crippen molar-refractivity contribution in [3.05, 3.63) is 34.3 Å². The summed E-state index contributed by atoms with van der Waals surface area (Å²) in [6.07, 6.45) is 2.88. The lowest BCUT2D eigenvalue weighted by Gasteiger charge is -2.31. The average Bonchev–Trinajstić information content (AvgIpc) is 2.88. The fraction of sp³-hybridized carbons (Fsp3) is 0.412. The third kappa shape index (κ3) is 3.32. The number of fused-ring (bicyclic) bond motifs is 1. The summed E-state index contributed by atoms with van der Waals surface area (Å²) in [6, 6.07) is 5.91. The summed E-state index contributed by atoms with van der Waals surface area (Å²) in [7, 11) is 0. The van der Waals surface area contributed by atoms with E-state index in [2.05, 4.69) is 22.1 Å². The first-order valence-corrected chi connectivity index (χ1v) is 8.78. The molecule has 0 saturated carbocycles. The highest BCUT2D eigenvalue weighted by molar-refractivity contribution is 7.15. The third-order valence-electron chi connectivity index (χ3n) is 4.19. The van der Waals surface area contributed by atoms with E-state index in [0.29, 0.717) is 11.7 Å². The van der Waals surface area contributed by atoms with Gasteiger partial charge in [-0.1, -0.05) is 13.0 Å². The molecule has 0 fully saturated rings. The minimum Gasteiger partial charge on any atom is -0.398 e. The molecule has 2 heterocycles. The molecule has 23 heavy (non-hydrogen) atoms. The van der Waals surface area contributed by atoms with E-state index in [9.17, 15) is 4.79 Å². The average molecular weight is 330 g/mol. The molecule has 1 aliphatic rings. The highest BCUT2D eigenvalue weighted by Crippen LogP contribution is 2.31. The molecular formula is C17H22N4OS. The molecule has 3 rings (SSSR count). The molecule has 1 aromatic heterocycles. The first-order valence-electron chi connectivity index (χ1n) is 7.97. The quantitative estimate of drug-likeness (QED) is 0.846. The number of carbonyl (C=O) groups is 1. The minimum absolute atomic E-state index is 0.0309. The molecule has 1 aromatic carbocycles. The largest absolute Gasteiger partial charge is 0.398 e. The van der Waals surface area contributed by atoms with Gasteiger partial charge < -0.3 is 16.0 Å². The van der Waals surface area contributed by atoms with E-state index in [0.717, 1.165) is 48.4 Å². The molecule has 0 radical (unpaired) electrons. The number of hydrogen-bond donors (Lipinski definition) is 2. The Morgan fingerprint density at radius 3 is 3.04 bits per heavy atom. The van der Waals surface area contributed by atoms with Gasteiger partial charge in [0.1, 0.15) is 0 Å². The van der Waals surface area contributed by atoms with Crippen molar-refractivity contribution < 1.29 is 4.79 Å². The molecule has 0 unspecified atom stereocenters. The summed E-state index contributed by atoms with van der Waals surface area (Å²) in [5.41, 5.74) is 10.2. The van der Waals surface area contributed by atoms with Gasteiger partial charge in [-0.15, -0.1) is 11.3 Å². The number of hydrogen-bond acceptors (Lipinski definition) is 5. The molecule has 2 aromatic rings. The van der Waals surface area contributed by atoms with Crippen LogP contribution in [0.2, 0.25) is 0 Å². The summed E-state index contributed by atoms with van der Waals surface area (Å²) in [6.45, 7) is 5.32. The van der Waals surface area contributed by atoms with Crippen LogP contribution >= 0.6 is 11.3 Å². The van der Waals surface area contributed by atoms with E-state index in [-0.39, 0.29) is 5.91 Å². The minimum atomic E-state index is -0.0309. The predicted molar refractivity (Wildman–Crippen MR) is 96.2 cm³/mol. The monoisotopic (exact) mass is 330 g/mol. The molecule has 122 valence electrons. The van der Waals surface area contributed by atoms with E-state index >= 15 is 0 Å². The Hall–Kier alpha value is -2.08. The van der Waals surface area contributed by atoms with Gasteiger partial charge in [-0.3, -0.25) is 4.79 Å². The van der Waals surface area contributed by atoms with Crippen molar-refractivity contribution in [2.45, 2.75) is 33.1 Å².